The molecule has 2 heterocycles. The molecule has 2 aromatic rings. The van der Waals surface area contributed by atoms with E-state index in [9.17, 15) is 4.79 Å². The van der Waals surface area contributed by atoms with Crippen molar-refractivity contribution >= 4 is 6.03 Å². The number of rotatable bonds is 5. The van der Waals surface area contributed by atoms with Crippen LogP contribution in [0.25, 0.3) is 0 Å². The van der Waals surface area contributed by atoms with Crippen molar-refractivity contribution in [1.29, 1.82) is 0 Å². The van der Waals surface area contributed by atoms with Crippen molar-refractivity contribution in [2.24, 2.45) is 0 Å². The Balaban J connectivity index is 1.57. The van der Waals surface area contributed by atoms with Crippen molar-refractivity contribution in [3.63, 3.8) is 0 Å². The van der Waals surface area contributed by atoms with Gasteiger partial charge < -0.3 is 14.7 Å². The van der Waals surface area contributed by atoms with E-state index in [0.717, 1.165) is 37.3 Å². The minimum absolute atomic E-state index is 0.00160. The van der Waals surface area contributed by atoms with E-state index in [0.29, 0.717) is 12.5 Å². The van der Waals surface area contributed by atoms with E-state index >= 15 is 0 Å². The molecule has 1 aliphatic heterocycles. The van der Waals surface area contributed by atoms with Crippen LogP contribution in [0.4, 0.5) is 4.79 Å². The second-order valence-electron chi connectivity index (χ2n) is 6.63. The molecule has 5 heteroatoms. The maximum atomic E-state index is 12.5. The summed E-state index contributed by atoms with van der Waals surface area (Å²) in [6.07, 6.45) is 2.76. The maximum Gasteiger partial charge on any atom is 0.318 e. The molecule has 1 aliphatic rings. The van der Waals surface area contributed by atoms with Crippen LogP contribution in [0.15, 0.2) is 40.9 Å². The van der Waals surface area contributed by atoms with Crippen LogP contribution in [0.2, 0.25) is 0 Å². The van der Waals surface area contributed by atoms with Crippen molar-refractivity contribution in [3.05, 3.63) is 53.4 Å². The first-order valence-corrected chi connectivity index (χ1v) is 8.70. The largest absolute Gasteiger partial charge is 0.359 e. The molecule has 0 bridgehead atoms. The molecule has 0 radical (unpaired) electrons. The maximum absolute atomic E-state index is 12.5. The molecular weight excluding hydrogens is 302 g/mol. The van der Waals surface area contributed by atoms with Crippen LogP contribution in [-0.2, 0) is 6.42 Å². The molecule has 2 amide bonds. The summed E-state index contributed by atoms with van der Waals surface area (Å²) in [6, 6.07) is 12.2. The summed E-state index contributed by atoms with van der Waals surface area (Å²) in [5.74, 6) is 1.13. The van der Waals surface area contributed by atoms with Crippen LogP contribution in [0.5, 0.6) is 0 Å². The van der Waals surface area contributed by atoms with E-state index in [1.165, 1.54) is 5.56 Å². The molecule has 1 unspecified atom stereocenters. The monoisotopic (exact) mass is 327 g/mol. The molecule has 5 nitrogen and oxygen atoms in total. The highest BCUT2D eigenvalue weighted by Crippen LogP contribution is 2.33. The predicted octanol–water partition coefficient (Wildman–Crippen LogP) is 3.89. The standard InChI is InChI=1S/C19H25N3O2/c1-14(2)16-13-18(24-21-16)17-9-6-12-22(17)19(23)20-11-10-15-7-4-3-5-8-15/h3-5,7-8,13-14,17H,6,9-12H2,1-2H3,(H,20,23). The van der Waals surface area contributed by atoms with Gasteiger partial charge in [0.15, 0.2) is 5.76 Å². The molecule has 1 atom stereocenters. The van der Waals surface area contributed by atoms with E-state index < -0.39 is 0 Å². The molecule has 1 aromatic heterocycles. The lowest BCUT2D eigenvalue weighted by molar-refractivity contribution is 0.182. The highest BCUT2D eigenvalue weighted by Gasteiger charge is 2.32. The van der Waals surface area contributed by atoms with Gasteiger partial charge in [-0.05, 0) is 30.7 Å². The Morgan fingerprint density at radius 2 is 2.17 bits per heavy atom. The highest BCUT2D eigenvalue weighted by atomic mass is 16.5. The minimum Gasteiger partial charge on any atom is -0.359 e. The minimum atomic E-state index is -0.0177. The number of nitrogens with zero attached hydrogens (tertiary/aromatic N) is 2. The molecule has 1 aromatic carbocycles. The van der Waals surface area contributed by atoms with Crippen LogP contribution in [-0.4, -0.2) is 29.2 Å². The molecule has 0 spiro atoms. The SMILES string of the molecule is CC(C)c1cc(C2CCCN2C(=O)NCCc2ccccc2)on1. The first-order valence-electron chi connectivity index (χ1n) is 8.70. The number of aromatic nitrogens is 1. The number of benzene rings is 1. The summed E-state index contributed by atoms with van der Waals surface area (Å²) >= 11 is 0. The molecular formula is C19H25N3O2. The average Bonchev–Trinajstić information content (AvgIpc) is 3.24. The van der Waals surface area contributed by atoms with Gasteiger partial charge in [0.1, 0.15) is 0 Å². The van der Waals surface area contributed by atoms with Crippen molar-refractivity contribution < 1.29 is 9.32 Å². The third-order valence-electron chi connectivity index (χ3n) is 4.51. The highest BCUT2D eigenvalue weighted by molar-refractivity contribution is 5.75. The first-order chi connectivity index (χ1) is 11.6. The zero-order valence-electron chi connectivity index (χ0n) is 14.4. The summed E-state index contributed by atoms with van der Waals surface area (Å²) in [4.78, 5) is 14.4. The molecule has 1 N–H and O–H groups in total. The van der Waals surface area contributed by atoms with Gasteiger partial charge in [0.2, 0.25) is 0 Å². The van der Waals surface area contributed by atoms with Crippen molar-refractivity contribution in [1.82, 2.24) is 15.4 Å². The fourth-order valence-electron chi connectivity index (χ4n) is 3.10. The lowest BCUT2D eigenvalue weighted by atomic mass is 10.1. The van der Waals surface area contributed by atoms with Gasteiger partial charge in [0, 0.05) is 19.2 Å². The van der Waals surface area contributed by atoms with Gasteiger partial charge in [-0.25, -0.2) is 4.79 Å². The average molecular weight is 327 g/mol. The van der Waals surface area contributed by atoms with Crippen molar-refractivity contribution in [2.75, 3.05) is 13.1 Å². The number of nitrogens with one attached hydrogen (secondary N) is 1. The van der Waals surface area contributed by atoms with E-state index in [-0.39, 0.29) is 12.1 Å². The topological polar surface area (TPSA) is 58.4 Å². The fraction of sp³-hybridized carbons (Fsp3) is 0.474. The smallest absolute Gasteiger partial charge is 0.318 e. The summed E-state index contributed by atoms with van der Waals surface area (Å²) in [5.41, 5.74) is 2.17. The summed E-state index contributed by atoms with van der Waals surface area (Å²) in [5, 5.41) is 7.15. The number of carbonyl (C=O) groups is 1. The van der Waals surface area contributed by atoms with Crippen molar-refractivity contribution in [3.8, 4) is 0 Å². The summed E-state index contributed by atoms with van der Waals surface area (Å²) in [6.45, 7) is 5.58. The fourth-order valence-corrected chi connectivity index (χ4v) is 3.10. The lowest BCUT2D eigenvalue weighted by Crippen LogP contribution is -2.40. The Bertz CT molecular complexity index is 666. The van der Waals surface area contributed by atoms with Gasteiger partial charge in [0.25, 0.3) is 0 Å². The van der Waals surface area contributed by atoms with E-state index in [4.69, 9.17) is 4.52 Å². The number of amides is 2. The number of urea groups is 1. The Kier molecular flexibility index (Phi) is 5.18. The summed E-state index contributed by atoms with van der Waals surface area (Å²) < 4.78 is 5.49. The predicted molar refractivity (Wildman–Crippen MR) is 92.8 cm³/mol. The van der Waals surface area contributed by atoms with Gasteiger partial charge in [-0.3, -0.25) is 0 Å². The molecule has 1 saturated heterocycles. The number of hydrogen-bond donors (Lipinski definition) is 1. The van der Waals surface area contributed by atoms with Gasteiger partial charge in [-0.1, -0.05) is 49.3 Å². The Morgan fingerprint density at radius 3 is 2.88 bits per heavy atom. The molecule has 0 saturated carbocycles. The third-order valence-corrected chi connectivity index (χ3v) is 4.51. The Labute approximate surface area is 143 Å². The number of carbonyl (C=O) groups excluding carboxylic acids is 1. The van der Waals surface area contributed by atoms with Gasteiger partial charge in [-0.15, -0.1) is 0 Å². The normalized spacial score (nSPS) is 17.5. The zero-order chi connectivity index (χ0) is 16.9. The second kappa shape index (κ2) is 7.51. The Morgan fingerprint density at radius 1 is 1.38 bits per heavy atom. The molecule has 24 heavy (non-hydrogen) atoms. The molecule has 0 aliphatic carbocycles. The first kappa shape index (κ1) is 16.6. The molecule has 1 fully saturated rings. The van der Waals surface area contributed by atoms with Crippen LogP contribution in [0.1, 0.15) is 55.7 Å². The van der Waals surface area contributed by atoms with E-state index in [2.05, 4.69) is 36.5 Å². The van der Waals surface area contributed by atoms with Crippen LogP contribution < -0.4 is 5.32 Å². The second-order valence-corrected chi connectivity index (χ2v) is 6.63. The Hall–Kier alpha value is -2.30. The molecule has 3 rings (SSSR count). The number of hydrogen-bond acceptors (Lipinski definition) is 3. The van der Waals surface area contributed by atoms with Gasteiger partial charge in [-0.2, -0.15) is 0 Å². The van der Waals surface area contributed by atoms with Crippen LogP contribution in [0.3, 0.4) is 0 Å². The summed E-state index contributed by atoms with van der Waals surface area (Å²) in [7, 11) is 0. The van der Waals surface area contributed by atoms with Crippen molar-refractivity contribution in [2.45, 2.75) is 45.1 Å². The molecule has 128 valence electrons. The van der Waals surface area contributed by atoms with E-state index in [1.807, 2.05) is 29.2 Å². The van der Waals surface area contributed by atoms with E-state index in [1.54, 1.807) is 0 Å². The van der Waals surface area contributed by atoms with Crippen LogP contribution >= 0.6 is 0 Å². The quantitative estimate of drug-likeness (QED) is 0.906. The van der Waals surface area contributed by atoms with Gasteiger partial charge >= 0.3 is 6.03 Å². The number of likely N-dealkylation sites (tertiary alicyclic amines) is 1. The lowest BCUT2D eigenvalue weighted by Gasteiger charge is -2.23. The third kappa shape index (κ3) is 3.78. The van der Waals surface area contributed by atoms with Crippen LogP contribution in [0, 0.1) is 0 Å². The zero-order valence-corrected chi connectivity index (χ0v) is 14.4. The van der Waals surface area contributed by atoms with Gasteiger partial charge in [0.05, 0.1) is 11.7 Å².